The van der Waals surface area contributed by atoms with Crippen LogP contribution in [-0.2, 0) is 20.0 Å². The first kappa shape index (κ1) is 18.1. The molecule has 0 aliphatic heterocycles. The topological polar surface area (TPSA) is 116 Å². The molecule has 7 nitrogen and oxygen atoms in total. The van der Waals surface area contributed by atoms with Crippen molar-refractivity contribution in [3.05, 3.63) is 48.5 Å². The van der Waals surface area contributed by atoms with Gasteiger partial charge in [0.15, 0.2) is 0 Å². The Balaban J connectivity index is 2.25. The van der Waals surface area contributed by atoms with Gasteiger partial charge in [-0.2, -0.15) is 8.78 Å². The molecule has 3 N–H and O–H groups in total. The summed E-state index contributed by atoms with van der Waals surface area (Å²) in [7, 11) is -8.15. The van der Waals surface area contributed by atoms with Gasteiger partial charge < -0.3 is 4.74 Å². The third-order valence-electron chi connectivity index (χ3n) is 2.78. The molecule has 2 rings (SSSR count). The van der Waals surface area contributed by atoms with Gasteiger partial charge in [0.1, 0.15) is 5.75 Å². The molecule has 0 atom stereocenters. The first-order valence-corrected chi connectivity index (χ1v) is 9.31. The predicted octanol–water partition coefficient (Wildman–Crippen LogP) is 1.74. The van der Waals surface area contributed by atoms with Crippen LogP contribution in [0.1, 0.15) is 0 Å². The molecule has 0 aliphatic rings. The van der Waals surface area contributed by atoms with E-state index >= 15 is 0 Å². The molecule has 0 aromatic heterocycles. The van der Waals surface area contributed by atoms with Gasteiger partial charge in [-0.05, 0) is 42.5 Å². The Morgan fingerprint density at radius 1 is 0.958 bits per heavy atom. The van der Waals surface area contributed by atoms with Crippen LogP contribution in [-0.4, -0.2) is 23.4 Å². The molecule has 0 saturated carbocycles. The predicted molar refractivity (Wildman–Crippen MR) is 81.7 cm³/mol. The second-order valence-corrected chi connectivity index (χ2v) is 7.77. The van der Waals surface area contributed by atoms with E-state index in [-0.39, 0.29) is 21.2 Å². The zero-order valence-corrected chi connectivity index (χ0v) is 13.5. The zero-order chi connectivity index (χ0) is 18.0. The lowest BCUT2D eigenvalue weighted by molar-refractivity contribution is -0.0498. The Kier molecular flexibility index (Phi) is 5.06. The molecule has 11 heteroatoms. The van der Waals surface area contributed by atoms with Gasteiger partial charge in [-0.1, -0.05) is 6.07 Å². The second kappa shape index (κ2) is 6.71. The van der Waals surface area contributed by atoms with Gasteiger partial charge in [0, 0.05) is 5.69 Å². The van der Waals surface area contributed by atoms with Crippen molar-refractivity contribution >= 4 is 25.7 Å². The highest BCUT2D eigenvalue weighted by molar-refractivity contribution is 7.93. The highest BCUT2D eigenvalue weighted by Gasteiger charge is 2.17. The monoisotopic (exact) mass is 378 g/mol. The minimum Gasteiger partial charge on any atom is -0.435 e. The number of hydrogen-bond acceptors (Lipinski definition) is 5. The highest BCUT2D eigenvalue weighted by Crippen LogP contribution is 2.21. The van der Waals surface area contributed by atoms with E-state index in [0.29, 0.717) is 0 Å². The number of primary sulfonamides is 1. The molecular weight excluding hydrogens is 366 g/mol. The number of anilines is 1. The van der Waals surface area contributed by atoms with Gasteiger partial charge >= 0.3 is 6.61 Å². The van der Waals surface area contributed by atoms with Crippen molar-refractivity contribution in [2.24, 2.45) is 5.14 Å². The average Bonchev–Trinajstić information content (AvgIpc) is 2.48. The first-order chi connectivity index (χ1) is 11.1. The summed E-state index contributed by atoms with van der Waals surface area (Å²) in [6.45, 7) is -2.99. The molecule has 0 fully saturated rings. The van der Waals surface area contributed by atoms with Crippen LogP contribution in [0.25, 0.3) is 0 Å². The molecule has 0 bridgehead atoms. The second-order valence-electron chi connectivity index (χ2n) is 4.53. The molecule has 24 heavy (non-hydrogen) atoms. The van der Waals surface area contributed by atoms with Crippen molar-refractivity contribution in [3.8, 4) is 5.75 Å². The van der Waals surface area contributed by atoms with Crippen molar-refractivity contribution in [2.45, 2.75) is 16.4 Å². The minimum atomic E-state index is -4.09. The van der Waals surface area contributed by atoms with E-state index in [1.165, 1.54) is 24.3 Å². The third kappa shape index (κ3) is 4.63. The third-order valence-corrected chi connectivity index (χ3v) is 5.07. The lowest BCUT2D eigenvalue weighted by atomic mass is 10.3. The number of benzene rings is 2. The van der Waals surface area contributed by atoms with Crippen LogP contribution < -0.4 is 14.6 Å². The summed E-state index contributed by atoms with van der Waals surface area (Å²) >= 11 is 0. The number of ether oxygens (including phenoxy) is 1. The Bertz CT molecular complexity index is 929. The lowest BCUT2D eigenvalue weighted by Crippen LogP contribution is -2.16. The number of halogens is 2. The van der Waals surface area contributed by atoms with Crippen molar-refractivity contribution in [3.63, 3.8) is 0 Å². The summed E-state index contributed by atoms with van der Waals surface area (Å²) in [6.07, 6.45) is 0. The zero-order valence-electron chi connectivity index (χ0n) is 11.9. The SMILES string of the molecule is NS(=O)(=O)c1cccc(S(=O)(=O)Nc2ccc(OC(F)F)cc2)c1. The molecule has 0 unspecified atom stereocenters. The fourth-order valence-electron chi connectivity index (χ4n) is 1.74. The molecule has 130 valence electrons. The molecule has 0 spiro atoms. The van der Waals surface area contributed by atoms with Crippen molar-refractivity contribution in [1.29, 1.82) is 0 Å². The molecule has 0 aliphatic carbocycles. The summed E-state index contributed by atoms with van der Waals surface area (Å²) in [5.41, 5.74) is 0.0811. The van der Waals surface area contributed by atoms with Gasteiger partial charge in [0.05, 0.1) is 9.79 Å². The van der Waals surface area contributed by atoms with E-state index in [9.17, 15) is 25.6 Å². The maximum absolute atomic E-state index is 12.2. The number of sulfonamides is 2. The smallest absolute Gasteiger partial charge is 0.387 e. The van der Waals surface area contributed by atoms with Gasteiger partial charge in [0.2, 0.25) is 10.0 Å². The Hall–Kier alpha value is -2.24. The molecular formula is C13H12F2N2O5S2. The molecule has 2 aromatic rings. The fourth-order valence-corrected chi connectivity index (χ4v) is 3.47. The molecule has 0 amide bonds. The Morgan fingerprint density at radius 2 is 1.54 bits per heavy atom. The van der Waals surface area contributed by atoms with Gasteiger partial charge in [-0.25, -0.2) is 22.0 Å². The summed E-state index contributed by atoms with van der Waals surface area (Å²) in [5, 5.41) is 4.96. The van der Waals surface area contributed by atoms with Crippen molar-refractivity contribution in [1.82, 2.24) is 0 Å². The number of hydrogen-bond donors (Lipinski definition) is 2. The van der Waals surface area contributed by atoms with Crippen LogP contribution in [0.3, 0.4) is 0 Å². The van der Waals surface area contributed by atoms with Crippen LogP contribution in [0.15, 0.2) is 58.3 Å². The quantitative estimate of drug-likeness (QED) is 0.794. The fraction of sp³-hybridized carbons (Fsp3) is 0.0769. The van der Waals surface area contributed by atoms with E-state index in [1.807, 2.05) is 0 Å². The first-order valence-electron chi connectivity index (χ1n) is 6.28. The normalized spacial score (nSPS) is 12.2. The van der Waals surface area contributed by atoms with E-state index < -0.39 is 26.7 Å². The van der Waals surface area contributed by atoms with Crippen LogP contribution in [0, 0.1) is 0 Å². The van der Waals surface area contributed by atoms with Gasteiger partial charge in [-0.3, -0.25) is 4.72 Å². The van der Waals surface area contributed by atoms with Gasteiger partial charge in [0.25, 0.3) is 10.0 Å². The molecule has 0 radical (unpaired) electrons. The van der Waals surface area contributed by atoms with E-state index in [1.54, 1.807) is 0 Å². The van der Waals surface area contributed by atoms with Crippen LogP contribution in [0.4, 0.5) is 14.5 Å². The maximum atomic E-state index is 12.2. The Morgan fingerprint density at radius 3 is 2.08 bits per heavy atom. The van der Waals surface area contributed by atoms with Crippen LogP contribution in [0.2, 0.25) is 0 Å². The number of alkyl halides is 2. The lowest BCUT2D eigenvalue weighted by Gasteiger charge is -2.10. The van der Waals surface area contributed by atoms with E-state index in [2.05, 4.69) is 9.46 Å². The Labute approximate surface area is 137 Å². The number of rotatable bonds is 6. The van der Waals surface area contributed by atoms with Crippen LogP contribution >= 0.6 is 0 Å². The summed E-state index contributed by atoms with van der Waals surface area (Å²) in [4.78, 5) is -0.673. The standard InChI is InChI=1S/C13H12F2N2O5S2/c14-13(15)22-10-6-4-9(5-7-10)17-24(20,21)12-3-1-2-11(8-12)23(16,18)19/h1-8,13,17H,(H2,16,18,19). The summed E-state index contributed by atoms with van der Waals surface area (Å²) in [5.74, 6) is -0.135. The molecule has 2 aromatic carbocycles. The van der Waals surface area contributed by atoms with Crippen molar-refractivity contribution < 1.29 is 30.4 Å². The molecule has 0 saturated heterocycles. The largest absolute Gasteiger partial charge is 0.435 e. The van der Waals surface area contributed by atoms with Crippen LogP contribution in [0.5, 0.6) is 5.75 Å². The highest BCUT2D eigenvalue weighted by atomic mass is 32.2. The van der Waals surface area contributed by atoms with E-state index in [4.69, 9.17) is 5.14 Å². The average molecular weight is 378 g/mol. The maximum Gasteiger partial charge on any atom is 0.387 e. The van der Waals surface area contributed by atoms with Gasteiger partial charge in [-0.15, -0.1) is 0 Å². The summed E-state index contributed by atoms with van der Waals surface area (Å²) < 4.78 is 77.5. The summed E-state index contributed by atoms with van der Waals surface area (Å²) in [6, 6.07) is 9.24. The number of nitrogens with two attached hydrogens (primary N) is 1. The minimum absolute atomic E-state index is 0.0811. The number of nitrogens with one attached hydrogen (secondary N) is 1. The molecule has 0 heterocycles. The van der Waals surface area contributed by atoms with Crippen molar-refractivity contribution in [2.75, 3.05) is 4.72 Å². The van der Waals surface area contributed by atoms with E-state index in [0.717, 1.165) is 24.3 Å².